The van der Waals surface area contributed by atoms with Crippen LogP contribution in [0, 0.1) is 23.2 Å². The fourth-order valence-electron chi connectivity index (χ4n) is 4.94. The van der Waals surface area contributed by atoms with Crippen molar-refractivity contribution in [2.24, 2.45) is 23.2 Å². The second kappa shape index (κ2) is 7.54. The molecule has 0 aromatic heterocycles. The minimum atomic E-state index is -5.83. The van der Waals surface area contributed by atoms with Gasteiger partial charge in [0.05, 0.1) is 5.92 Å². The Morgan fingerprint density at radius 3 is 2.40 bits per heavy atom. The topological polar surface area (TPSA) is 82.1 Å². The van der Waals surface area contributed by atoms with Crippen molar-refractivity contribution < 1.29 is 55.2 Å². The third-order valence-electron chi connectivity index (χ3n) is 6.30. The number of carbonyl (C=O) groups excluding carboxylic acids is 2. The van der Waals surface area contributed by atoms with E-state index in [9.17, 15) is 41.0 Å². The first-order valence-electron chi connectivity index (χ1n) is 9.62. The van der Waals surface area contributed by atoms with E-state index in [1.165, 1.54) is 0 Å². The van der Waals surface area contributed by atoms with Gasteiger partial charge in [-0.3, -0.25) is 9.59 Å². The van der Waals surface area contributed by atoms with Crippen LogP contribution in [-0.4, -0.2) is 54.0 Å². The van der Waals surface area contributed by atoms with Gasteiger partial charge < -0.3 is 19.3 Å². The van der Waals surface area contributed by atoms with E-state index >= 15 is 0 Å². The first-order valence-corrected chi connectivity index (χ1v) is 9.62. The first-order chi connectivity index (χ1) is 13.7. The van der Waals surface area contributed by atoms with Crippen molar-refractivity contribution in [3.8, 4) is 0 Å². The van der Waals surface area contributed by atoms with Crippen molar-refractivity contribution in [2.45, 2.75) is 76.5 Å². The number of ether oxygens (including phenoxy) is 3. The van der Waals surface area contributed by atoms with Crippen molar-refractivity contribution in [1.82, 2.24) is 0 Å². The molecule has 1 aliphatic heterocycles. The maximum atomic E-state index is 12.8. The molecule has 2 saturated carbocycles. The highest BCUT2D eigenvalue weighted by Crippen LogP contribution is 2.64. The number of aliphatic hydroxyl groups excluding tert-OH is 1. The molecule has 0 amide bonds. The number of aliphatic hydroxyl groups is 1. The lowest BCUT2D eigenvalue weighted by Gasteiger charge is -2.37. The van der Waals surface area contributed by atoms with Crippen LogP contribution in [0.1, 0.15) is 39.5 Å². The van der Waals surface area contributed by atoms with Crippen molar-refractivity contribution in [3.05, 3.63) is 0 Å². The van der Waals surface area contributed by atoms with Crippen LogP contribution in [0.25, 0.3) is 0 Å². The van der Waals surface area contributed by atoms with Gasteiger partial charge in [0, 0.05) is 11.8 Å². The van der Waals surface area contributed by atoms with E-state index in [1.54, 1.807) is 6.92 Å². The van der Waals surface area contributed by atoms with Gasteiger partial charge in [0.25, 0.3) is 6.10 Å². The molecule has 1 saturated heterocycles. The average Bonchev–Trinajstić information content (AvgIpc) is 3.20. The van der Waals surface area contributed by atoms with E-state index < -0.39 is 72.1 Å². The molecule has 0 radical (unpaired) electrons. The highest BCUT2D eigenvalue weighted by Gasteiger charge is 2.75. The van der Waals surface area contributed by atoms with Crippen LogP contribution in [0.3, 0.4) is 0 Å². The van der Waals surface area contributed by atoms with Gasteiger partial charge in [0.15, 0.2) is 6.29 Å². The second-order valence-corrected chi connectivity index (χ2v) is 8.26. The minimum Gasteiger partial charge on any atom is -0.458 e. The first kappa shape index (κ1) is 23.1. The predicted octanol–water partition coefficient (Wildman–Crippen LogP) is 3.11. The van der Waals surface area contributed by atoms with Crippen LogP contribution in [0.2, 0.25) is 0 Å². The van der Waals surface area contributed by atoms with Crippen LogP contribution >= 0.6 is 0 Å². The summed E-state index contributed by atoms with van der Waals surface area (Å²) in [4.78, 5) is 24.7. The van der Waals surface area contributed by atoms with Gasteiger partial charge in [-0.2, -0.15) is 26.3 Å². The normalized spacial score (nSPS) is 34.9. The fraction of sp³-hybridized carbons (Fsp3) is 0.889. The number of rotatable bonds is 7. The largest absolute Gasteiger partial charge is 0.458 e. The third-order valence-corrected chi connectivity index (χ3v) is 6.30. The molecule has 172 valence electrons. The van der Waals surface area contributed by atoms with E-state index in [4.69, 9.17) is 9.47 Å². The SMILES string of the molecule is CCCC(C)C(=O)OC1C2CC3C1OC(=O)C3(C(O)OC(C(F)(F)F)C(F)(F)F)C2. The summed E-state index contributed by atoms with van der Waals surface area (Å²) in [6.07, 6.45) is -19.3. The van der Waals surface area contributed by atoms with Crippen LogP contribution in [0.5, 0.6) is 0 Å². The lowest BCUT2D eigenvalue weighted by molar-refractivity contribution is -0.360. The number of hydrogen-bond donors (Lipinski definition) is 1. The van der Waals surface area contributed by atoms with Crippen LogP contribution < -0.4 is 0 Å². The van der Waals surface area contributed by atoms with Gasteiger partial charge in [0.1, 0.15) is 17.6 Å². The smallest absolute Gasteiger partial charge is 0.423 e. The minimum absolute atomic E-state index is 0.152. The third kappa shape index (κ3) is 3.65. The lowest BCUT2D eigenvalue weighted by Crippen LogP contribution is -2.53. The highest BCUT2D eigenvalue weighted by molar-refractivity contribution is 5.82. The molecule has 1 heterocycles. The van der Waals surface area contributed by atoms with Gasteiger partial charge >= 0.3 is 24.3 Å². The van der Waals surface area contributed by atoms with Gasteiger partial charge in [-0.1, -0.05) is 20.3 Å². The molecule has 2 bridgehead atoms. The lowest BCUT2D eigenvalue weighted by atomic mass is 9.72. The summed E-state index contributed by atoms with van der Waals surface area (Å²) in [5, 5.41) is 10.2. The van der Waals surface area contributed by atoms with Gasteiger partial charge in [-0.25, -0.2) is 0 Å². The van der Waals surface area contributed by atoms with Crippen LogP contribution in [0.15, 0.2) is 0 Å². The average molecular weight is 448 g/mol. The predicted molar refractivity (Wildman–Crippen MR) is 85.5 cm³/mol. The molecule has 12 heteroatoms. The zero-order valence-corrected chi connectivity index (χ0v) is 16.1. The summed E-state index contributed by atoms with van der Waals surface area (Å²) in [5.74, 6) is -3.53. The van der Waals surface area contributed by atoms with Crippen LogP contribution in [0.4, 0.5) is 26.3 Å². The summed E-state index contributed by atoms with van der Waals surface area (Å²) < 4.78 is 91.4. The molecular weight excluding hydrogens is 426 g/mol. The molecule has 7 atom stereocenters. The number of halogens is 6. The van der Waals surface area contributed by atoms with E-state index in [-0.39, 0.29) is 12.8 Å². The monoisotopic (exact) mass is 448 g/mol. The summed E-state index contributed by atoms with van der Waals surface area (Å²) in [6.45, 7) is 3.54. The zero-order valence-electron chi connectivity index (χ0n) is 16.1. The standard InChI is InChI=1S/C18H22F6O6/c1-3-4-7(2)12(25)28-10-8-5-9-11(10)29-14(26)16(9,6-8)15(27)30-13(17(19,20)21)18(22,23)24/h7-11,13,15,27H,3-6H2,1-2H3. The van der Waals surface area contributed by atoms with Crippen molar-refractivity contribution in [3.63, 3.8) is 0 Å². The zero-order chi connectivity index (χ0) is 22.6. The number of alkyl halides is 6. The molecule has 7 unspecified atom stereocenters. The molecule has 2 aliphatic carbocycles. The fourth-order valence-corrected chi connectivity index (χ4v) is 4.94. The number of carbonyl (C=O) groups is 2. The summed E-state index contributed by atoms with van der Waals surface area (Å²) in [7, 11) is 0. The van der Waals surface area contributed by atoms with E-state index in [0.29, 0.717) is 6.42 Å². The summed E-state index contributed by atoms with van der Waals surface area (Å²) in [5.41, 5.74) is -2.05. The Kier molecular flexibility index (Phi) is 5.81. The Bertz CT molecular complexity index is 680. The summed E-state index contributed by atoms with van der Waals surface area (Å²) in [6, 6.07) is 0. The molecule has 30 heavy (non-hydrogen) atoms. The molecule has 3 rings (SSSR count). The molecule has 3 fully saturated rings. The summed E-state index contributed by atoms with van der Waals surface area (Å²) >= 11 is 0. The molecule has 1 N–H and O–H groups in total. The second-order valence-electron chi connectivity index (χ2n) is 8.26. The van der Waals surface area contributed by atoms with E-state index in [2.05, 4.69) is 4.74 Å². The Morgan fingerprint density at radius 2 is 1.87 bits per heavy atom. The van der Waals surface area contributed by atoms with Crippen molar-refractivity contribution in [2.75, 3.05) is 0 Å². The molecule has 6 nitrogen and oxygen atoms in total. The van der Waals surface area contributed by atoms with Crippen molar-refractivity contribution in [1.29, 1.82) is 0 Å². The van der Waals surface area contributed by atoms with Gasteiger partial charge in [-0.05, 0) is 19.3 Å². The molecule has 3 aliphatic rings. The van der Waals surface area contributed by atoms with Crippen molar-refractivity contribution >= 4 is 11.9 Å². The number of esters is 2. The maximum absolute atomic E-state index is 12.8. The Labute approximate surface area is 167 Å². The maximum Gasteiger partial charge on any atom is 0.423 e. The van der Waals surface area contributed by atoms with E-state index in [1.807, 2.05) is 6.92 Å². The van der Waals surface area contributed by atoms with Gasteiger partial charge in [0.2, 0.25) is 0 Å². The van der Waals surface area contributed by atoms with Crippen LogP contribution in [-0.2, 0) is 23.8 Å². The highest BCUT2D eigenvalue weighted by atomic mass is 19.4. The quantitative estimate of drug-likeness (QED) is 0.366. The molecule has 0 spiro atoms. The Balaban J connectivity index is 1.77. The molecule has 0 aromatic rings. The Morgan fingerprint density at radius 1 is 1.27 bits per heavy atom. The molecule has 0 aromatic carbocycles. The Hall–Kier alpha value is -1.56. The number of fused-ring (bicyclic) bond motifs is 1. The molecular formula is C18H22F6O6. The van der Waals surface area contributed by atoms with E-state index in [0.717, 1.165) is 6.42 Å². The van der Waals surface area contributed by atoms with Gasteiger partial charge in [-0.15, -0.1) is 0 Å². The number of hydrogen-bond acceptors (Lipinski definition) is 6.